The number of hydrogen-bond acceptors (Lipinski definition) is 5. The summed E-state index contributed by atoms with van der Waals surface area (Å²) in [5.74, 6) is 2.70. The molecule has 3 aromatic rings. The first-order valence-electron chi connectivity index (χ1n) is 10.6. The number of fused-ring (bicyclic) bond motifs is 1. The molecule has 7 heteroatoms. The Hall–Kier alpha value is -2.31. The molecule has 0 aliphatic carbocycles. The van der Waals surface area contributed by atoms with Crippen molar-refractivity contribution in [1.29, 1.82) is 0 Å². The van der Waals surface area contributed by atoms with Gasteiger partial charge in [-0.3, -0.25) is 4.79 Å². The van der Waals surface area contributed by atoms with Gasteiger partial charge in [0.05, 0.1) is 5.75 Å². The number of aryl methyl sites for hydroxylation is 1. The lowest BCUT2D eigenvalue weighted by atomic mass is 10.1. The van der Waals surface area contributed by atoms with E-state index >= 15 is 0 Å². The highest BCUT2D eigenvalue weighted by molar-refractivity contribution is 8.00. The average Bonchev–Trinajstić information content (AvgIpc) is 2.77. The predicted molar refractivity (Wildman–Crippen MR) is 129 cm³/mol. The molecule has 1 saturated heterocycles. The Kier molecular flexibility index (Phi) is 6.68. The van der Waals surface area contributed by atoms with Crippen LogP contribution in [-0.2, 0) is 4.79 Å². The highest BCUT2D eigenvalue weighted by Gasteiger charge is 2.23. The number of carbonyl (C=O) groups excluding carboxylic acids is 1. The molecule has 162 valence electrons. The van der Waals surface area contributed by atoms with Gasteiger partial charge < -0.3 is 9.80 Å². The number of halogens is 1. The molecular formula is C24H27ClN4OS. The number of amides is 1. The molecule has 1 aliphatic heterocycles. The molecular weight excluding hydrogens is 428 g/mol. The van der Waals surface area contributed by atoms with Crippen LogP contribution in [0.15, 0.2) is 47.4 Å². The van der Waals surface area contributed by atoms with Crippen LogP contribution in [0.25, 0.3) is 10.8 Å². The fourth-order valence-corrected chi connectivity index (χ4v) is 5.14. The lowest BCUT2D eigenvalue weighted by Gasteiger charge is -2.35. The molecule has 0 bridgehead atoms. The van der Waals surface area contributed by atoms with Crippen molar-refractivity contribution in [2.24, 2.45) is 0 Å². The molecule has 1 aliphatic rings. The van der Waals surface area contributed by atoms with Crippen molar-refractivity contribution in [3.63, 3.8) is 0 Å². The van der Waals surface area contributed by atoms with Crippen molar-refractivity contribution in [3.05, 3.63) is 59.0 Å². The minimum Gasteiger partial charge on any atom is -0.353 e. The van der Waals surface area contributed by atoms with Crippen molar-refractivity contribution in [2.45, 2.75) is 31.6 Å². The second-order valence-corrected chi connectivity index (χ2v) is 9.56. The van der Waals surface area contributed by atoms with E-state index in [9.17, 15) is 4.79 Å². The smallest absolute Gasteiger partial charge is 0.233 e. The first-order valence-corrected chi connectivity index (χ1v) is 12.0. The van der Waals surface area contributed by atoms with E-state index in [0.29, 0.717) is 24.8 Å². The van der Waals surface area contributed by atoms with Gasteiger partial charge in [0.2, 0.25) is 5.91 Å². The largest absolute Gasteiger partial charge is 0.353 e. The fraction of sp³-hybridized carbons (Fsp3) is 0.375. The third kappa shape index (κ3) is 4.96. The van der Waals surface area contributed by atoms with Crippen molar-refractivity contribution >= 4 is 45.9 Å². The van der Waals surface area contributed by atoms with E-state index in [-0.39, 0.29) is 5.91 Å². The van der Waals surface area contributed by atoms with Crippen LogP contribution < -0.4 is 4.90 Å². The predicted octanol–water partition coefficient (Wildman–Crippen LogP) is 5.16. The van der Waals surface area contributed by atoms with Crippen molar-refractivity contribution in [2.75, 3.05) is 36.8 Å². The Morgan fingerprint density at radius 2 is 1.81 bits per heavy atom. The van der Waals surface area contributed by atoms with Gasteiger partial charge in [0.25, 0.3) is 0 Å². The van der Waals surface area contributed by atoms with Gasteiger partial charge in [-0.05, 0) is 24.4 Å². The minimum absolute atomic E-state index is 0.162. The summed E-state index contributed by atoms with van der Waals surface area (Å²) in [6.07, 6.45) is 0. The van der Waals surface area contributed by atoms with Gasteiger partial charge in [-0.15, -0.1) is 11.8 Å². The Balaban J connectivity index is 1.37. The Morgan fingerprint density at radius 3 is 2.52 bits per heavy atom. The molecule has 5 nitrogen and oxygen atoms in total. The SMILES string of the molecule is Cc1cc(N2CCN(C(=O)CSc3cccc4cccc(Cl)c34)CC2)nc(C(C)C)n1. The summed E-state index contributed by atoms with van der Waals surface area (Å²) < 4.78 is 0. The number of piperazine rings is 1. The van der Waals surface area contributed by atoms with E-state index in [1.807, 2.05) is 54.3 Å². The van der Waals surface area contributed by atoms with Crippen LogP contribution in [0, 0.1) is 6.92 Å². The number of carbonyl (C=O) groups is 1. The van der Waals surface area contributed by atoms with E-state index in [1.54, 1.807) is 11.8 Å². The molecule has 2 heterocycles. The second-order valence-electron chi connectivity index (χ2n) is 8.13. The van der Waals surface area contributed by atoms with E-state index < -0.39 is 0 Å². The highest BCUT2D eigenvalue weighted by Crippen LogP contribution is 2.33. The van der Waals surface area contributed by atoms with Gasteiger partial charge in [-0.1, -0.05) is 49.7 Å². The van der Waals surface area contributed by atoms with E-state index in [4.69, 9.17) is 16.6 Å². The first-order chi connectivity index (χ1) is 14.9. The molecule has 0 saturated carbocycles. The molecule has 0 radical (unpaired) electrons. The summed E-state index contributed by atoms with van der Waals surface area (Å²) in [7, 11) is 0. The van der Waals surface area contributed by atoms with Crippen LogP contribution in [0.4, 0.5) is 5.82 Å². The quantitative estimate of drug-likeness (QED) is 0.498. The normalized spacial score (nSPS) is 14.5. The van der Waals surface area contributed by atoms with Gasteiger partial charge in [0.1, 0.15) is 11.6 Å². The lowest BCUT2D eigenvalue weighted by Crippen LogP contribution is -2.49. The summed E-state index contributed by atoms with van der Waals surface area (Å²) in [4.78, 5) is 27.4. The molecule has 1 amide bonds. The zero-order chi connectivity index (χ0) is 22.0. The Bertz CT molecular complexity index is 1090. The van der Waals surface area contributed by atoms with Crippen LogP contribution in [0.1, 0.15) is 31.3 Å². The highest BCUT2D eigenvalue weighted by atomic mass is 35.5. The van der Waals surface area contributed by atoms with Crippen LogP contribution >= 0.6 is 23.4 Å². The first kappa shape index (κ1) is 21.9. The van der Waals surface area contributed by atoms with Gasteiger partial charge in [-0.25, -0.2) is 9.97 Å². The zero-order valence-electron chi connectivity index (χ0n) is 18.1. The van der Waals surface area contributed by atoms with Gasteiger partial charge in [0.15, 0.2) is 0 Å². The summed E-state index contributed by atoms with van der Waals surface area (Å²) in [5.41, 5.74) is 0.984. The van der Waals surface area contributed by atoms with Crippen molar-refractivity contribution in [3.8, 4) is 0 Å². The number of aromatic nitrogens is 2. The molecule has 2 aromatic carbocycles. The van der Waals surface area contributed by atoms with Crippen LogP contribution in [0.5, 0.6) is 0 Å². The van der Waals surface area contributed by atoms with Gasteiger partial charge in [0, 0.05) is 59.2 Å². The van der Waals surface area contributed by atoms with Crippen LogP contribution in [-0.4, -0.2) is 52.7 Å². The molecule has 0 unspecified atom stereocenters. The molecule has 0 N–H and O–H groups in total. The topological polar surface area (TPSA) is 49.3 Å². The molecule has 1 aromatic heterocycles. The average molecular weight is 455 g/mol. The molecule has 4 rings (SSSR count). The van der Waals surface area contributed by atoms with E-state index in [2.05, 4.69) is 23.7 Å². The number of nitrogens with zero attached hydrogens (tertiary/aromatic N) is 4. The molecule has 31 heavy (non-hydrogen) atoms. The van der Waals surface area contributed by atoms with Crippen molar-refractivity contribution in [1.82, 2.24) is 14.9 Å². The summed E-state index contributed by atoms with van der Waals surface area (Å²) in [5, 5.41) is 2.84. The third-order valence-corrected chi connectivity index (χ3v) is 6.85. The lowest BCUT2D eigenvalue weighted by molar-refractivity contribution is -0.128. The number of benzene rings is 2. The van der Waals surface area contributed by atoms with Gasteiger partial charge in [-0.2, -0.15) is 0 Å². The fourth-order valence-electron chi connectivity index (χ4n) is 3.79. The third-order valence-electron chi connectivity index (χ3n) is 5.50. The number of anilines is 1. The maximum absolute atomic E-state index is 12.9. The van der Waals surface area contributed by atoms with Gasteiger partial charge >= 0.3 is 0 Å². The minimum atomic E-state index is 0.162. The van der Waals surface area contributed by atoms with E-state index in [0.717, 1.165) is 51.1 Å². The molecule has 1 fully saturated rings. The maximum Gasteiger partial charge on any atom is 0.233 e. The van der Waals surface area contributed by atoms with Crippen LogP contribution in [0.2, 0.25) is 5.02 Å². The zero-order valence-corrected chi connectivity index (χ0v) is 19.7. The number of thioether (sulfide) groups is 1. The standard InChI is InChI=1S/C24H27ClN4OS/c1-16(2)24-26-17(3)14-21(27-24)28-10-12-29(13-11-28)22(30)15-31-20-9-5-7-18-6-4-8-19(25)23(18)20/h4-9,14,16H,10-13,15H2,1-3H3. The van der Waals surface area contributed by atoms with Crippen molar-refractivity contribution < 1.29 is 4.79 Å². The summed E-state index contributed by atoms with van der Waals surface area (Å²) >= 11 is 7.98. The van der Waals surface area contributed by atoms with Crippen LogP contribution in [0.3, 0.4) is 0 Å². The number of rotatable bonds is 5. The second kappa shape index (κ2) is 9.45. The summed E-state index contributed by atoms with van der Waals surface area (Å²) in [6.45, 7) is 9.19. The summed E-state index contributed by atoms with van der Waals surface area (Å²) in [6, 6.07) is 14.0. The Morgan fingerprint density at radius 1 is 1.10 bits per heavy atom. The molecule has 0 atom stereocenters. The molecule has 0 spiro atoms. The number of hydrogen-bond donors (Lipinski definition) is 0. The monoisotopic (exact) mass is 454 g/mol. The Labute approximate surface area is 192 Å². The maximum atomic E-state index is 12.9. The van der Waals surface area contributed by atoms with E-state index in [1.165, 1.54) is 0 Å².